The van der Waals surface area contributed by atoms with E-state index in [0.29, 0.717) is 16.2 Å². The van der Waals surface area contributed by atoms with Crippen LogP contribution < -0.4 is 9.64 Å². The fraction of sp³-hybridized carbons (Fsp3) is 0.120. The van der Waals surface area contributed by atoms with Crippen LogP contribution in [0.4, 0.5) is 5.13 Å². The van der Waals surface area contributed by atoms with Crippen molar-refractivity contribution < 1.29 is 19.4 Å². The number of carbonyl (C=O) groups excluding carboxylic acids is 2. The third kappa shape index (κ3) is 4.00. The van der Waals surface area contributed by atoms with E-state index in [1.165, 1.54) is 41.7 Å². The molecule has 11 heteroatoms. The van der Waals surface area contributed by atoms with E-state index in [2.05, 4.69) is 9.97 Å². The third-order valence-electron chi connectivity index (χ3n) is 5.75. The largest absolute Gasteiger partial charge is 0.507 e. The maximum absolute atomic E-state index is 13.4. The van der Waals surface area contributed by atoms with Crippen LogP contribution in [0.1, 0.15) is 22.9 Å². The van der Waals surface area contributed by atoms with Crippen LogP contribution in [0.3, 0.4) is 0 Å². The summed E-state index contributed by atoms with van der Waals surface area (Å²) >= 11 is 20.0. The number of amides is 1. The number of ketones is 1. The van der Waals surface area contributed by atoms with Gasteiger partial charge in [-0.1, -0.05) is 52.2 Å². The number of anilines is 1. The molecule has 1 saturated heterocycles. The number of nitrogens with zero attached hydrogens (tertiary/aromatic N) is 3. The Labute approximate surface area is 224 Å². The number of hydrogen-bond donors (Lipinski definition) is 1. The Hall–Kier alpha value is -3.17. The molecule has 0 saturated carbocycles. The predicted octanol–water partition coefficient (Wildman–Crippen LogP) is 6.59. The molecule has 3 heterocycles. The molecule has 1 aliphatic heterocycles. The second-order valence-electron chi connectivity index (χ2n) is 7.96. The van der Waals surface area contributed by atoms with Gasteiger partial charge in [0.2, 0.25) is 0 Å². The zero-order chi connectivity index (χ0) is 25.7. The standard InChI is InChI=1S/C25H16Cl3N3O4S/c1-11-7-18-17(10-13(11)26)30-25(36-18)31-20(16-5-3-4-6-29-16)19(22(33)24(31)34)21(32)12-8-14(27)23(35-2)15(28)9-12/h3-10,20,32H,1-2H3/b21-19+. The summed E-state index contributed by atoms with van der Waals surface area (Å²) in [7, 11) is 1.41. The first-order valence-electron chi connectivity index (χ1n) is 10.5. The minimum absolute atomic E-state index is 0.133. The number of methoxy groups -OCH3 is 1. The lowest BCUT2D eigenvalue weighted by molar-refractivity contribution is -0.132. The summed E-state index contributed by atoms with van der Waals surface area (Å²) in [6, 6.07) is 10.5. The number of aliphatic hydroxyl groups is 1. The summed E-state index contributed by atoms with van der Waals surface area (Å²) in [5, 5.41) is 12.4. The number of pyridine rings is 1. The number of rotatable bonds is 4. The maximum atomic E-state index is 13.4. The first-order chi connectivity index (χ1) is 17.2. The van der Waals surface area contributed by atoms with E-state index in [0.717, 1.165) is 10.3 Å². The number of halogens is 3. The van der Waals surface area contributed by atoms with Gasteiger partial charge in [-0.2, -0.15) is 0 Å². The van der Waals surface area contributed by atoms with Crippen molar-refractivity contribution in [2.75, 3.05) is 12.0 Å². The Bertz CT molecular complexity index is 1520. The fourth-order valence-corrected chi connectivity index (χ4v) is 5.91. The molecule has 1 aliphatic rings. The van der Waals surface area contributed by atoms with E-state index >= 15 is 0 Å². The van der Waals surface area contributed by atoms with Crippen molar-refractivity contribution >= 4 is 78.9 Å². The van der Waals surface area contributed by atoms with Gasteiger partial charge in [0.05, 0.1) is 38.6 Å². The molecule has 0 spiro atoms. The van der Waals surface area contributed by atoms with Crippen LogP contribution in [0, 0.1) is 6.92 Å². The van der Waals surface area contributed by atoms with Crippen LogP contribution in [0.2, 0.25) is 15.1 Å². The maximum Gasteiger partial charge on any atom is 0.301 e. The highest BCUT2D eigenvalue weighted by molar-refractivity contribution is 7.22. The molecular formula is C25H16Cl3N3O4S. The molecule has 4 aromatic rings. The van der Waals surface area contributed by atoms with Gasteiger partial charge in [-0.15, -0.1) is 0 Å². The van der Waals surface area contributed by atoms with Gasteiger partial charge in [-0.25, -0.2) is 4.98 Å². The lowest BCUT2D eigenvalue weighted by Gasteiger charge is -2.22. The fourth-order valence-electron chi connectivity index (χ4n) is 4.04. The number of aromatic nitrogens is 2. The molecule has 1 amide bonds. The Kier molecular flexibility index (Phi) is 6.38. The molecule has 1 fully saturated rings. The molecule has 0 radical (unpaired) electrons. The highest BCUT2D eigenvalue weighted by atomic mass is 35.5. The molecule has 182 valence electrons. The Morgan fingerprint density at radius 3 is 2.44 bits per heavy atom. The van der Waals surface area contributed by atoms with Crippen LogP contribution in [0.25, 0.3) is 16.0 Å². The summed E-state index contributed by atoms with van der Waals surface area (Å²) in [5.41, 5.74) is 1.80. The lowest BCUT2D eigenvalue weighted by Crippen LogP contribution is -2.29. The van der Waals surface area contributed by atoms with Gasteiger partial charge in [0.1, 0.15) is 11.8 Å². The Balaban J connectivity index is 1.73. The summed E-state index contributed by atoms with van der Waals surface area (Å²) < 4.78 is 5.96. The second kappa shape index (κ2) is 9.37. The van der Waals surface area contributed by atoms with Crippen molar-refractivity contribution in [1.29, 1.82) is 0 Å². The highest BCUT2D eigenvalue weighted by Gasteiger charge is 2.49. The minimum Gasteiger partial charge on any atom is -0.507 e. The monoisotopic (exact) mass is 559 g/mol. The molecule has 1 unspecified atom stereocenters. The van der Waals surface area contributed by atoms with E-state index in [4.69, 9.17) is 39.5 Å². The smallest absolute Gasteiger partial charge is 0.301 e. The molecule has 7 nitrogen and oxygen atoms in total. The molecule has 5 rings (SSSR count). The van der Waals surface area contributed by atoms with E-state index in [-0.39, 0.29) is 32.1 Å². The van der Waals surface area contributed by atoms with Crippen molar-refractivity contribution in [2.24, 2.45) is 0 Å². The summed E-state index contributed by atoms with van der Waals surface area (Å²) in [6.07, 6.45) is 1.54. The van der Waals surface area contributed by atoms with Crippen LogP contribution in [-0.2, 0) is 9.59 Å². The van der Waals surface area contributed by atoms with E-state index in [9.17, 15) is 14.7 Å². The van der Waals surface area contributed by atoms with Crippen LogP contribution in [0.15, 0.2) is 54.2 Å². The number of benzene rings is 2. The molecule has 2 aromatic carbocycles. The van der Waals surface area contributed by atoms with Gasteiger partial charge >= 0.3 is 5.91 Å². The normalized spacial score (nSPS) is 17.2. The van der Waals surface area contributed by atoms with Gasteiger partial charge in [-0.05, 0) is 48.9 Å². The van der Waals surface area contributed by atoms with Crippen LogP contribution in [-0.4, -0.2) is 33.9 Å². The molecule has 36 heavy (non-hydrogen) atoms. The van der Waals surface area contributed by atoms with Gasteiger partial charge in [0.25, 0.3) is 5.78 Å². The number of Topliss-reactive ketones (excluding diaryl/α,β-unsaturated/α-hetero) is 1. The average Bonchev–Trinajstić information content (AvgIpc) is 3.36. The minimum atomic E-state index is -1.04. The molecule has 1 atom stereocenters. The van der Waals surface area contributed by atoms with Gasteiger partial charge < -0.3 is 9.84 Å². The SMILES string of the molecule is COc1c(Cl)cc(/C(O)=C2\C(=O)C(=O)N(c3nc4cc(Cl)c(C)cc4s3)C2c2ccccn2)cc1Cl. The number of hydrogen-bond acceptors (Lipinski definition) is 7. The summed E-state index contributed by atoms with van der Waals surface area (Å²) in [5.74, 6) is -1.96. The topological polar surface area (TPSA) is 92.6 Å². The average molecular weight is 561 g/mol. The van der Waals surface area contributed by atoms with Crippen molar-refractivity contribution in [3.05, 3.63) is 86.1 Å². The van der Waals surface area contributed by atoms with Crippen molar-refractivity contribution in [1.82, 2.24) is 9.97 Å². The summed E-state index contributed by atoms with van der Waals surface area (Å²) in [6.45, 7) is 1.87. The predicted molar refractivity (Wildman–Crippen MR) is 141 cm³/mol. The van der Waals surface area contributed by atoms with Gasteiger partial charge in [0.15, 0.2) is 10.9 Å². The number of thiazole rings is 1. The number of aliphatic hydroxyl groups excluding tert-OH is 1. The van der Waals surface area contributed by atoms with Crippen molar-refractivity contribution in [2.45, 2.75) is 13.0 Å². The first kappa shape index (κ1) is 24.5. The molecule has 0 bridgehead atoms. The highest BCUT2D eigenvalue weighted by Crippen LogP contribution is 2.45. The number of carbonyl (C=O) groups is 2. The zero-order valence-electron chi connectivity index (χ0n) is 18.8. The van der Waals surface area contributed by atoms with Crippen LogP contribution >= 0.6 is 46.1 Å². The number of fused-ring (bicyclic) bond motifs is 1. The van der Waals surface area contributed by atoms with Gasteiger partial charge in [0, 0.05) is 16.8 Å². The third-order valence-corrected chi connectivity index (χ3v) is 7.74. The molecular weight excluding hydrogens is 545 g/mol. The summed E-state index contributed by atoms with van der Waals surface area (Å²) in [4.78, 5) is 36.9. The Morgan fingerprint density at radius 2 is 1.81 bits per heavy atom. The van der Waals surface area contributed by atoms with E-state index in [1.807, 2.05) is 13.0 Å². The van der Waals surface area contributed by atoms with Crippen LogP contribution in [0.5, 0.6) is 5.75 Å². The molecule has 0 aliphatic carbocycles. The first-order valence-corrected chi connectivity index (χ1v) is 12.5. The quantitative estimate of drug-likeness (QED) is 0.172. The van der Waals surface area contributed by atoms with E-state index < -0.39 is 23.5 Å². The zero-order valence-corrected chi connectivity index (χ0v) is 21.8. The second-order valence-corrected chi connectivity index (χ2v) is 10.2. The lowest BCUT2D eigenvalue weighted by atomic mass is 9.98. The van der Waals surface area contributed by atoms with Crippen molar-refractivity contribution in [3.63, 3.8) is 0 Å². The number of ether oxygens (including phenoxy) is 1. The van der Waals surface area contributed by atoms with Gasteiger partial charge in [-0.3, -0.25) is 19.5 Å². The molecule has 2 aromatic heterocycles. The van der Waals surface area contributed by atoms with E-state index in [1.54, 1.807) is 24.3 Å². The Morgan fingerprint density at radius 1 is 1.08 bits per heavy atom. The molecule has 1 N–H and O–H groups in total. The number of aryl methyl sites for hydroxylation is 1. The van der Waals surface area contributed by atoms with Crippen molar-refractivity contribution in [3.8, 4) is 5.75 Å².